The quantitative estimate of drug-likeness (QED) is 0.118. The molecule has 0 aliphatic rings. The van der Waals surface area contributed by atoms with Crippen molar-refractivity contribution in [2.24, 2.45) is 7.05 Å². The Morgan fingerprint density at radius 3 is 1.71 bits per heavy atom. The molecule has 1 atom stereocenters. The Hall–Kier alpha value is 0.250. The number of unbranched alkanes of at least 4 members (excludes halogenated alkanes) is 15. The molecule has 0 amide bonds. The lowest BCUT2D eigenvalue weighted by molar-refractivity contribution is -0.671. The summed E-state index contributed by atoms with van der Waals surface area (Å²) < 4.78 is 9.94. The fourth-order valence-electron chi connectivity index (χ4n) is 4.01. The standard InChI is InChI=1S/C26H51N2OS.HI/c1-4-5-6-7-8-9-10-11-12-13-14-15-16-17-18-19-22-30-24-26(29-3)23-28-21-20-27(2)25-28;/h20-21,25-26H,4-19,22-24H2,1-3H3;1H/q+1;/p-1. The van der Waals surface area contributed by atoms with Gasteiger partial charge in [-0.3, -0.25) is 0 Å². The zero-order chi connectivity index (χ0) is 21.7. The first-order chi connectivity index (χ1) is 14.8. The van der Waals surface area contributed by atoms with E-state index in [0.29, 0.717) is 6.10 Å². The van der Waals surface area contributed by atoms with E-state index < -0.39 is 0 Å². The van der Waals surface area contributed by atoms with E-state index in [-0.39, 0.29) is 24.0 Å². The first kappa shape index (κ1) is 31.2. The average molecular weight is 567 g/mol. The summed E-state index contributed by atoms with van der Waals surface area (Å²) in [4.78, 5) is 0. The number of thioether (sulfide) groups is 1. The molecule has 1 aromatic rings. The first-order valence-corrected chi connectivity index (χ1v) is 14.0. The molecule has 184 valence electrons. The van der Waals surface area contributed by atoms with Gasteiger partial charge in [0.15, 0.2) is 0 Å². The minimum absolute atomic E-state index is 0. The smallest absolute Gasteiger partial charge is 0.243 e. The van der Waals surface area contributed by atoms with Crippen molar-refractivity contribution in [1.82, 2.24) is 4.57 Å². The molecular formula is C26H51IN2OS. The van der Waals surface area contributed by atoms with Crippen LogP contribution in [0, 0.1) is 0 Å². The Morgan fingerprint density at radius 2 is 1.29 bits per heavy atom. The number of imidazole rings is 1. The van der Waals surface area contributed by atoms with Crippen LogP contribution in [0.1, 0.15) is 110 Å². The molecule has 1 heterocycles. The van der Waals surface area contributed by atoms with Gasteiger partial charge in [0.05, 0.1) is 7.05 Å². The summed E-state index contributed by atoms with van der Waals surface area (Å²) in [5.74, 6) is 2.37. The number of methoxy groups -OCH3 is 1. The van der Waals surface area contributed by atoms with Gasteiger partial charge >= 0.3 is 0 Å². The molecule has 3 nitrogen and oxygen atoms in total. The van der Waals surface area contributed by atoms with Gasteiger partial charge in [-0.15, -0.1) is 0 Å². The van der Waals surface area contributed by atoms with Crippen molar-refractivity contribution in [2.75, 3.05) is 18.6 Å². The minimum atomic E-state index is 0. The van der Waals surface area contributed by atoms with Gasteiger partial charge in [0.1, 0.15) is 25.0 Å². The van der Waals surface area contributed by atoms with Gasteiger partial charge in [0, 0.05) is 12.9 Å². The number of rotatable bonds is 22. The van der Waals surface area contributed by atoms with Crippen molar-refractivity contribution in [3.63, 3.8) is 0 Å². The minimum Gasteiger partial charge on any atom is -1.00 e. The van der Waals surface area contributed by atoms with Gasteiger partial charge in [0.25, 0.3) is 0 Å². The van der Waals surface area contributed by atoms with Crippen LogP contribution in [-0.4, -0.2) is 29.3 Å². The van der Waals surface area contributed by atoms with Crippen LogP contribution in [0.5, 0.6) is 0 Å². The highest BCUT2D eigenvalue weighted by molar-refractivity contribution is 7.99. The van der Waals surface area contributed by atoms with E-state index in [1.165, 1.54) is 108 Å². The van der Waals surface area contributed by atoms with Crippen molar-refractivity contribution in [3.05, 3.63) is 18.7 Å². The molecule has 0 N–H and O–H groups in total. The third-order valence-electron chi connectivity index (χ3n) is 6.02. The summed E-state index contributed by atoms with van der Waals surface area (Å²) in [6.45, 7) is 3.24. The number of ether oxygens (including phenoxy) is 1. The van der Waals surface area contributed by atoms with Crippen LogP contribution < -0.4 is 28.5 Å². The lowest BCUT2D eigenvalue weighted by Gasteiger charge is -2.12. The van der Waals surface area contributed by atoms with Gasteiger partial charge in [0.2, 0.25) is 6.33 Å². The molecule has 31 heavy (non-hydrogen) atoms. The molecule has 0 aliphatic heterocycles. The van der Waals surface area contributed by atoms with Gasteiger partial charge in [-0.1, -0.05) is 103 Å². The third-order valence-corrected chi connectivity index (χ3v) is 7.20. The van der Waals surface area contributed by atoms with Crippen LogP contribution >= 0.6 is 11.8 Å². The second-order valence-electron chi connectivity index (χ2n) is 9.01. The Morgan fingerprint density at radius 1 is 0.806 bits per heavy atom. The van der Waals surface area contributed by atoms with Crippen LogP contribution in [-0.2, 0) is 18.3 Å². The topological polar surface area (TPSA) is 18.0 Å². The molecule has 5 heteroatoms. The average Bonchev–Trinajstić information content (AvgIpc) is 3.16. The van der Waals surface area contributed by atoms with E-state index in [1.807, 2.05) is 7.11 Å². The molecule has 0 aromatic carbocycles. The van der Waals surface area contributed by atoms with E-state index in [2.05, 4.69) is 53.6 Å². The highest BCUT2D eigenvalue weighted by atomic mass is 127. The Balaban J connectivity index is 0.00000900. The van der Waals surface area contributed by atoms with Crippen molar-refractivity contribution < 1.29 is 33.3 Å². The largest absolute Gasteiger partial charge is 1.00 e. The van der Waals surface area contributed by atoms with Gasteiger partial charge in [-0.25, -0.2) is 9.13 Å². The molecule has 0 saturated carbocycles. The van der Waals surface area contributed by atoms with Crippen molar-refractivity contribution in [3.8, 4) is 0 Å². The molecular weight excluding hydrogens is 515 g/mol. The fourth-order valence-corrected chi connectivity index (χ4v) is 5.09. The maximum atomic E-state index is 5.65. The monoisotopic (exact) mass is 566 g/mol. The van der Waals surface area contributed by atoms with Crippen LogP contribution in [0.4, 0.5) is 0 Å². The fraction of sp³-hybridized carbons (Fsp3) is 0.885. The predicted octanol–water partition coefficient (Wildman–Crippen LogP) is 4.33. The van der Waals surface area contributed by atoms with Crippen LogP contribution in [0.15, 0.2) is 18.7 Å². The van der Waals surface area contributed by atoms with Gasteiger partial charge in [-0.2, -0.15) is 11.8 Å². The predicted molar refractivity (Wildman–Crippen MR) is 133 cm³/mol. The Labute approximate surface area is 215 Å². The lowest BCUT2D eigenvalue weighted by Crippen LogP contribution is -3.00. The second kappa shape index (κ2) is 23.4. The van der Waals surface area contributed by atoms with Crippen molar-refractivity contribution in [2.45, 2.75) is 122 Å². The number of hydrogen-bond donors (Lipinski definition) is 0. The summed E-state index contributed by atoms with van der Waals surface area (Å²) in [5.41, 5.74) is 0. The molecule has 1 aromatic heterocycles. The number of hydrogen-bond acceptors (Lipinski definition) is 2. The summed E-state index contributed by atoms with van der Waals surface area (Å²) in [7, 11) is 3.90. The first-order valence-electron chi connectivity index (χ1n) is 12.9. The van der Waals surface area contributed by atoms with Crippen LogP contribution in [0.3, 0.4) is 0 Å². The van der Waals surface area contributed by atoms with E-state index in [1.54, 1.807) is 0 Å². The summed E-state index contributed by atoms with van der Waals surface area (Å²) in [6, 6.07) is 0. The summed E-state index contributed by atoms with van der Waals surface area (Å²) >= 11 is 2.05. The van der Waals surface area contributed by atoms with E-state index >= 15 is 0 Å². The number of aromatic nitrogens is 2. The normalized spacial score (nSPS) is 12.1. The molecule has 0 fully saturated rings. The SMILES string of the molecule is CCCCCCCCCCCCCCCCCCSCC(Cn1cc[n+](C)c1)OC.[I-]. The third kappa shape index (κ3) is 19.4. The van der Waals surface area contributed by atoms with Gasteiger partial charge in [-0.05, 0) is 12.2 Å². The summed E-state index contributed by atoms with van der Waals surface area (Å²) in [5, 5.41) is 0. The summed E-state index contributed by atoms with van der Waals surface area (Å²) in [6.07, 6.45) is 29.7. The molecule has 0 aliphatic carbocycles. The molecule has 1 rings (SSSR count). The highest BCUT2D eigenvalue weighted by Gasteiger charge is 2.12. The van der Waals surface area contributed by atoms with E-state index in [4.69, 9.17) is 4.74 Å². The molecule has 0 saturated heterocycles. The number of aryl methyl sites for hydroxylation is 1. The van der Waals surface area contributed by atoms with Gasteiger partial charge < -0.3 is 28.7 Å². The number of nitrogens with zero attached hydrogens (tertiary/aromatic N) is 2. The zero-order valence-electron chi connectivity index (χ0n) is 20.8. The zero-order valence-corrected chi connectivity index (χ0v) is 23.8. The van der Waals surface area contributed by atoms with E-state index in [0.717, 1.165) is 12.3 Å². The molecule has 1 unspecified atom stereocenters. The van der Waals surface area contributed by atoms with E-state index in [9.17, 15) is 0 Å². The van der Waals surface area contributed by atoms with Crippen molar-refractivity contribution in [1.29, 1.82) is 0 Å². The molecule has 0 spiro atoms. The lowest BCUT2D eigenvalue weighted by atomic mass is 10.0. The highest BCUT2D eigenvalue weighted by Crippen LogP contribution is 2.15. The Kier molecular flexibility index (Phi) is 23.6. The van der Waals surface area contributed by atoms with Crippen LogP contribution in [0.2, 0.25) is 0 Å². The maximum Gasteiger partial charge on any atom is 0.243 e. The second-order valence-corrected chi connectivity index (χ2v) is 10.2. The van der Waals surface area contributed by atoms with Crippen molar-refractivity contribution >= 4 is 11.8 Å². The molecule has 0 radical (unpaired) electrons. The maximum absolute atomic E-state index is 5.65. The van der Waals surface area contributed by atoms with Crippen LogP contribution in [0.25, 0.3) is 0 Å². The molecule has 0 bridgehead atoms. The Bertz CT molecular complexity index is 484. The number of halogens is 1.